The number of fused-ring (bicyclic) bond motifs is 1. The Morgan fingerprint density at radius 2 is 1.86 bits per heavy atom. The lowest BCUT2D eigenvalue weighted by Gasteiger charge is -2.35. The molecule has 5 rings (SSSR count). The first kappa shape index (κ1) is 23.9. The molecule has 3 aliphatic heterocycles. The second-order valence-electron chi connectivity index (χ2n) is 9.98. The number of anilines is 2. The minimum atomic E-state index is -0.0240. The van der Waals surface area contributed by atoms with E-state index in [1.807, 2.05) is 41.8 Å². The number of nitrogens with zero attached hydrogens (tertiary/aromatic N) is 6. The molecule has 4 heterocycles. The Labute approximate surface area is 211 Å². The summed E-state index contributed by atoms with van der Waals surface area (Å²) in [5.41, 5.74) is 2.59. The van der Waals surface area contributed by atoms with Gasteiger partial charge >= 0.3 is 0 Å². The van der Waals surface area contributed by atoms with Crippen LogP contribution in [0.25, 0.3) is 0 Å². The molecule has 0 N–H and O–H groups in total. The minimum Gasteiger partial charge on any atom is -0.353 e. The molecule has 9 heteroatoms. The SMILES string of the molecule is CC(=O)N1CCN(c2nc3c(c(N4CCCC4Cc4ccccc4Cl)n2)CN(C(C)C)C3=O)CC1. The third-order valence-electron chi connectivity index (χ3n) is 7.46. The fraction of sp³-hybridized carbons (Fsp3) is 0.538. The number of halogens is 1. The van der Waals surface area contributed by atoms with Gasteiger partial charge in [-0.2, -0.15) is 4.98 Å². The van der Waals surface area contributed by atoms with E-state index in [1.54, 1.807) is 6.92 Å². The number of hydrogen-bond donors (Lipinski definition) is 0. The number of piperazine rings is 1. The number of amides is 2. The van der Waals surface area contributed by atoms with E-state index in [2.05, 4.69) is 15.9 Å². The summed E-state index contributed by atoms with van der Waals surface area (Å²) in [7, 11) is 0. The lowest BCUT2D eigenvalue weighted by Crippen LogP contribution is -2.48. The van der Waals surface area contributed by atoms with Gasteiger partial charge in [-0.1, -0.05) is 29.8 Å². The van der Waals surface area contributed by atoms with Crippen LogP contribution < -0.4 is 9.80 Å². The maximum absolute atomic E-state index is 13.3. The monoisotopic (exact) mass is 496 g/mol. The van der Waals surface area contributed by atoms with Gasteiger partial charge < -0.3 is 19.6 Å². The Kier molecular flexibility index (Phi) is 6.57. The fourth-order valence-electron chi connectivity index (χ4n) is 5.42. The quantitative estimate of drug-likeness (QED) is 0.632. The molecule has 0 bridgehead atoms. The van der Waals surface area contributed by atoms with Crippen LogP contribution in [0.2, 0.25) is 5.02 Å². The van der Waals surface area contributed by atoms with Gasteiger partial charge in [-0.3, -0.25) is 9.59 Å². The number of hydrogen-bond acceptors (Lipinski definition) is 6. The van der Waals surface area contributed by atoms with Gasteiger partial charge in [0.05, 0.1) is 6.54 Å². The molecular formula is C26H33ClN6O2. The molecule has 35 heavy (non-hydrogen) atoms. The number of aromatic nitrogens is 2. The highest BCUT2D eigenvalue weighted by molar-refractivity contribution is 6.31. The van der Waals surface area contributed by atoms with Crippen molar-refractivity contribution >= 4 is 35.2 Å². The van der Waals surface area contributed by atoms with Gasteiger partial charge in [-0.25, -0.2) is 4.98 Å². The molecule has 1 unspecified atom stereocenters. The molecule has 186 valence electrons. The van der Waals surface area contributed by atoms with Crippen LogP contribution in [0.1, 0.15) is 55.2 Å². The third kappa shape index (κ3) is 4.56. The van der Waals surface area contributed by atoms with Crippen molar-refractivity contribution in [3.8, 4) is 0 Å². The minimum absolute atomic E-state index is 0.0240. The van der Waals surface area contributed by atoms with E-state index in [4.69, 9.17) is 21.6 Å². The van der Waals surface area contributed by atoms with E-state index in [-0.39, 0.29) is 23.9 Å². The van der Waals surface area contributed by atoms with E-state index in [0.717, 1.165) is 47.8 Å². The van der Waals surface area contributed by atoms with E-state index in [9.17, 15) is 9.59 Å². The lowest BCUT2D eigenvalue weighted by molar-refractivity contribution is -0.129. The molecule has 3 aliphatic rings. The van der Waals surface area contributed by atoms with Crippen LogP contribution in [0.5, 0.6) is 0 Å². The Morgan fingerprint density at radius 3 is 2.54 bits per heavy atom. The van der Waals surface area contributed by atoms with Gasteiger partial charge in [0.1, 0.15) is 11.5 Å². The molecule has 0 radical (unpaired) electrons. The van der Waals surface area contributed by atoms with Gasteiger partial charge in [0.25, 0.3) is 5.91 Å². The normalized spacial score (nSPS) is 20.3. The molecule has 1 atom stereocenters. The average molecular weight is 497 g/mol. The van der Waals surface area contributed by atoms with Crippen molar-refractivity contribution in [2.45, 2.75) is 58.7 Å². The third-order valence-corrected chi connectivity index (χ3v) is 7.83. The Morgan fingerprint density at radius 1 is 1.11 bits per heavy atom. The van der Waals surface area contributed by atoms with Crippen LogP contribution in [0, 0.1) is 0 Å². The van der Waals surface area contributed by atoms with Gasteiger partial charge in [0, 0.05) is 62.3 Å². The average Bonchev–Trinajstić information content (AvgIpc) is 3.44. The van der Waals surface area contributed by atoms with Crippen molar-refractivity contribution in [1.82, 2.24) is 19.8 Å². The topological polar surface area (TPSA) is 72.9 Å². The number of rotatable bonds is 5. The van der Waals surface area contributed by atoms with Gasteiger partial charge in [-0.15, -0.1) is 0 Å². The first-order valence-corrected chi connectivity index (χ1v) is 12.9. The maximum Gasteiger partial charge on any atom is 0.273 e. The number of carbonyl (C=O) groups excluding carboxylic acids is 2. The Bertz CT molecular complexity index is 1130. The largest absolute Gasteiger partial charge is 0.353 e. The van der Waals surface area contributed by atoms with Crippen LogP contribution in [0.15, 0.2) is 24.3 Å². The van der Waals surface area contributed by atoms with Gasteiger partial charge in [-0.05, 0) is 44.7 Å². The Balaban J connectivity index is 1.50. The predicted octanol–water partition coefficient (Wildman–Crippen LogP) is 3.37. The summed E-state index contributed by atoms with van der Waals surface area (Å²) in [6.45, 7) is 9.69. The van der Waals surface area contributed by atoms with E-state index in [1.165, 1.54) is 0 Å². The summed E-state index contributed by atoms with van der Waals surface area (Å²) in [4.78, 5) is 43.2. The van der Waals surface area contributed by atoms with Crippen LogP contribution in [-0.2, 0) is 17.8 Å². The van der Waals surface area contributed by atoms with Crippen molar-refractivity contribution in [2.75, 3.05) is 42.5 Å². The highest BCUT2D eigenvalue weighted by atomic mass is 35.5. The van der Waals surface area contributed by atoms with Crippen LogP contribution in [-0.4, -0.2) is 76.4 Å². The van der Waals surface area contributed by atoms with E-state index >= 15 is 0 Å². The van der Waals surface area contributed by atoms with Crippen molar-refractivity contribution in [1.29, 1.82) is 0 Å². The van der Waals surface area contributed by atoms with Crippen LogP contribution in [0.3, 0.4) is 0 Å². The van der Waals surface area contributed by atoms with Crippen LogP contribution in [0.4, 0.5) is 11.8 Å². The van der Waals surface area contributed by atoms with Crippen LogP contribution >= 0.6 is 11.6 Å². The summed E-state index contributed by atoms with van der Waals surface area (Å²) in [6.07, 6.45) is 2.97. The molecule has 2 saturated heterocycles. The van der Waals surface area contributed by atoms with Crippen molar-refractivity contribution in [2.24, 2.45) is 0 Å². The van der Waals surface area contributed by atoms with Gasteiger partial charge in [0.2, 0.25) is 11.9 Å². The predicted molar refractivity (Wildman–Crippen MR) is 137 cm³/mol. The second-order valence-corrected chi connectivity index (χ2v) is 10.4. The first-order chi connectivity index (χ1) is 16.8. The molecule has 2 fully saturated rings. The van der Waals surface area contributed by atoms with E-state index < -0.39 is 0 Å². The maximum atomic E-state index is 13.3. The molecule has 2 aromatic rings. The van der Waals surface area contributed by atoms with Crippen molar-refractivity contribution in [3.63, 3.8) is 0 Å². The first-order valence-electron chi connectivity index (χ1n) is 12.6. The van der Waals surface area contributed by atoms with Gasteiger partial charge in [0.15, 0.2) is 0 Å². The number of benzene rings is 1. The van der Waals surface area contributed by atoms with E-state index in [0.29, 0.717) is 44.4 Å². The second kappa shape index (κ2) is 9.64. The van der Waals surface area contributed by atoms with Crippen molar-refractivity contribution < 1.29 is 9.59 Å². The summed E-state index contributed by atoms with van der Waals surface area (Å²) in [5.74, 6) is 1.53. The highest BCUT2D eigenvalue weighted by Crippen LogP contribution is 2.37. The standard InChI is InChI=1S/C26H33ClN6O2/c1-17(2)33-16-21-23(25(33)35)28-26(31-13-11-30(12-14-31)18(3)34)29-24(21)32-10-6-8-20(32)15-19-7-4-5-9-22(19)27/h4-5,7,9,17,20H,6,8,10-16H2,1-3H3. The Hall–Kier alpha value is -2.87. The molecule has 2 amide bonds. The highest BCUT2D eigenvalue weighted by Gasteiger charge is 2.38. The molecular weight excluding hydrogens is 464 g/mol. The summed E-state index contributed by atoms with van der Waals surface area (Å²) < 4.78 is 0. The number of carbonyl (C=O) groups is 2. The lowest BCUT2D eigenvalue weighted by atomic mass is 10.0. The summed E-state index contributed by atoms with van der Waals surface area (Å²) >= 11 is 6.49. The molecule has 1 aromatic heterocycles. The molecule has 0 spiro atoms. The smallest absolute Gasteiger partial charge is 0.273 e. The summed E-state index contributed by atoms with van der Waals surface area (Å²) in [5, 5.41) is 0.789. The summed E-state index contributed by atoms with van der Waals surface area (Å²) in [6, 6.07) is 8.37. The fourth-order valence-corrected chi connectivity index (χ4v) is 5.64. The zero-order chi connectivity index (χ0) is 24.7. The zero-order valence-corrected chi connectivity index (χ0v) is 21.5. The zero-order valence-electron chi connectivity index (χ0n) is 20.7. The molecule has 1 aromatic carbocycles. The molecule has 0 aliphatic carbocycles. The molecule has 8 nitrogen and oxygen atoms in total. The molecule has 0 saturated carbocycles. The van der Waals surface area contributed by atoms with Crippen molar-refractivity contribution in [3.05, 3.63) is 46.1 Å².